The molecule has 1 amide bonds. The molecule has 9 nitrogen and oxygen atoms in total. The summed E-state index contributed by atoms with van der Waals surface area (Å²) in [6.45, 7) is 3.75. The second-order valence-electron chi connectivity index (χ2n) is 6.38. The van der Waals surface area contributed by atoms with Gasteiger partial charge in [-0.1, -0.05) is 12.1 Å². The molecule has 2 rings (SSSR count). The average molecular weight is 452 g/mol. The van der Waals surface area contributed by atoms with Gasteiger partial charge in [0.05, 0.1) is 34.0 Å². The van der Waals surface area contributed by atoms with Crippen LogP contribution in [0.1, 0.15) is 15.9 Å². The van der Waals surface area contributed by atoms with Gasteiger partial charge in [-0.15, -0.1) is 6.58 Å². The second-order valence-corrected chi connectivity index (χ2v) is 6.38. The van der Waals surface area contributed by atoms with Gasteiger partial charge in [0, 0.05) is 6.54 Å². The molecule has 0 aliphatic heterocycles. The fraction of sp³-hybridized carbons (Fsp3) is 0.208. The van der Waals surface area contributed by atoms with Gasteiger partial charge in [-0.25, -0.2) is 4.79 Å². The molecule has 2 aromatic carbocycles. The lowest BCUT2D eigenvalue weighted by molar-refractivity contribution is -0.116. The highest BCUT2D eigenvalue weighted by molar-refractivity contribution is 6.01. The molecule has 0 saturated heterocycles. The summed E-state index contributed by atoms with van der Waals surface area (Å²) in [5, 5.41) is 11.8. The van der Waals surface area contributed by atoms with Crippen molar-refractivity contribution < 1.29 is 33.3 Å². The van der Waals surface area contributed by atoms with E-state index in [0.717, 1.165) is 0 Å². The van der Waals surface area contributed by atoms with Crippen LogP contribution in [0, 0.1) is 11.3 Å². The summed E-state index contributed by atoms with van der Waals surface area (Å²) in [5.74, 6) is 0.101. The molecule has 33 heavy (non-hydrogen) atoms. The predicted molar refractivity (Wildman–Crippen MR) is 121 cm³/mol. The molecule has 0 unspecified atom stereocenters. The molecule has 0 aromatic heterocycles. The molecule has 0 radical (unpaired) electrons. The van der Waals surface area contributed by atoms with Crippen molar-refractivity contribution in [2.45, 2.75) is 0 Å². The summed E-state index contributed by atoms with van der Waals surface area (Å²) in [4.78, 5) is 24.8. The van der Waals surface area contributed by atoms with Crippen LogP contribution in [0.25, 0.3) is 6.08 Å². The molecule has 0 bridgehead atoms. The van der Waals surface area contributed by atoms with Crippen molar-refractivity contribution >= 4 is 18.0 Å². The number of esters is 1. The predicted octanol–water partition coefficient (Wildman–Crippen LogP) is 3.15. The molecule has 172 valence electrons. The summed E-state index contributed by atoms with van der Waals surface area (Å²) >= 11 is 0. The first-order valence-corrected chi connectivity index (χ1v) is 9.63. The third-order valence-corrected chi connectivity index (χ3v) is 4.37. The molecule has 0 spiro atoms. The largest absolute Gasteiger partial charge is 0.493 e. The Morgan fingerprint density at radius 2 is 1.61 bits per heavy atom. The van der Waals surface area contributed by atoms with Crippen molar-refractivity contribution in [3.05, 3.63) is 59.7 Å². The fourth-order valence-electron chi connectivity index (χ4n) is 2.79. The number of hydrogen-bond acceptors (Lipinski definition) is 8. The zero-order valence-corrected chi connectivity index (χ0v) is 18.8. The van der Waals surface area contributed by atoms with Gasteiger partial charge < -0.3 is 29.0 Å². The minimum Gasteiger partial charge on any atom is -0.493 e. The average Bonchev–Trinajstić information content (AvgIpc) is 2.85. The number of nitrogens with one attached hydrogen (secondary N) is 1. The quantitative estimate of drug-likeness (QED) is 0.192. The third kappa shape index (κ3) is 6.04. The van der Waals surface area contributed by atoms with Crippen LogP contribution in [-0.2, 0) is 4.79 Å². The van der Waals surface area contributed by atoms with Gasteiger partial charge in [-0.2, -0.15) is 5.26 Å². The molecule has 0 atom stereocenters. The smallest absolute Gasteiger partial charge is 0.343 e. The van der Waals surface area contributed by atoms with Crippen molar-refractivity contribution in [3.8, 4) is 34.8 Å². The van der Waals surface area contributed by atoms with Crippen LogP contribution in [-0.4, -0.2) is 46.9 Å². The number of ether oxygens (including phenoxy) is 5. The van der Waals surface area contributed by atoms with E-state index in [2.05, 4.69) is 11.9 Å². The Bertz CT molecular complexity index is 1090. The number of nitrogens with zero attached hydrogens (tertiary/aromatic N) is 1. The van der Waals surface area contributed by atoms with Crippen LogP contribution < -0.4 is 29.0 Å². The maximum atomic E-state index is 12.8. The van der Waals surface area contributed by atoms with E-state index in [0.29, 0.717) is 22.8 Å². The van der Waals surface area contributed by atoms with Crippen molar-refractivity contribution in [1.82, 2.24) is 5.32 Å². The van der Waals surface area contributed by atoms with Crippen molar-refractivity contribution in [2.75, 3.05) is 35.0 Å². The maximum Gasteiger partial charge on any atom is 0.343 e. The number of benzene rings is 2. The third-order valence-electron chi connectivity index (χ3n) is 4.37. The summed E-state index contributed by atoms with van der Waals surface area (Å²) in [6.07, 6.45) is 2.90. The molecule has 0 heterocycles. The van der Waals surface area contributed by atoms with Crippen molar-refractivity contribution in [1.29, 1.82) is 5.26 Å². The standard InChI is InChI=1S/C24H24N2O7/c1-6-9-26-23(27)17(14-25)10-15-7-8-18(19(11-15)29-2)33-24(28)16-12-20(30-3)22(32-5)21(13-16)31-4/h6-8,10-13H,1,9H2,2-5H3,(H,26,27). The summed E-state index contributed by atoms with van der Waals surface area (Å²) in [5.41, 5.74) is 0.576. The number of amides is 1. The van der Waals surface area contributed by atoms with E-state index < -0.39 is 11.9 Å². The number of methoxy groups -OCH3 is 4. The Balaban J connectivity index is 2.33. The summed E-state index contributed by atoms with van der Waals surface area (Å²) in [6, 6.07) is 9.40. The number of carbonyl (C=O) groups excluding carboxylic acids is 2. The molecule has 0 fully saturated rings. The van der Waals surface area contributed by atoms with E-state index >= 15 is 0 Å². The molecule has 0 saturated carbocycles. The number of carbonyl (C=O) groups is 2. The first kappa shape index (κ1) is 24.8. The molecular weight excluding hydrogens is 428 g/mol. The van der Waals surface area contributed by atoms with E-state index in [1.807, 2.05) is 6.07 Å². The van der Waals surface area contributed by atoms with E-state index in [4.69, 9.17) is 23.7 Å². The first-order valence-electron chi connectivity index (χ1n) is 9.63. The van der Waals surface area contributed by atoms with Crippen LogP contribution in [0.2, 0.25) is 0 Å². The van der Waals surface area contributed by atoms with Gasteiger partial charge in [0.1, 0.15) is 11.6 Å². The van der Waals surface area contributed by atoms with Gasteiger partial charge >= 0.3 is 5.97 Å². The van der Waals surface area contributed by atoms with Crippen molar-refractivity contribution in [3.63, 3.8) is 0 Å². The van der Waals surface area contributed by atoms with Gasteiger partial charge in [0.25, 0.3) is 5.91 Å². The highest BCUT2D eigenvalue weighted by atomic mass is 16.6. The van der Waals surface area contributed by atoms with Crippen LogP contribution in [0.15, 0.2) is 48.6 Å². The summed E-state index contributed by atoms with van der Waals surface area (Å²) < 4.78 is 26.6. The Morgan fingerprint density at radius 3 is 2.12 bits per heavy atom. The Kier molecular flexibility index (Phi) is 8.88. The topological polar surface area (TPSA) is 116 Å². The zero-order chi connectivity index (χ0) is 24.4. The monoisotopic (exact) mass is 452 g/mol. The lowest BCUT2D eigenvalue weighted by Gasteiger charge is -2.14. The van der Waals surface area contributed by atoms with Crippen LogP contribution in [0.4, 0.5) is 0 Å². The van der Waals surface area contributed by atoms with E-state index in [1.54, 1.807) is 6.07 Å². The number of hydrogen-bond donors (Lipinski definition) is 1. The SMILES string of the molecule is C=CCNC(=O)C(C#N)=Cc1ccc(OC(=O)c2cc(OC)c(OC)c(OC)c2)c(OC)c1. The first-order chi connectivity index (χ1) is 15.9. The zero-order valence-electron chi connectivity index (χ0n) is 18.8. The molecule has 1 N–H and O–H groups in total. The van der Waals surface area contributed by atoms with Crippen LogP contribution >= 0.6 is 0 Å². The highest BCUT2D eigenvalue weighted by Gasteiger charge is 2.20. The van der Waals surface area contributed by atoms with Gasteiger partial charge in [-0.05, 0) is 35.9 Å². The summed E-state index contributed by atoms with van der Waals surface area (Å²) in [7, 11) is 5.74. The molecule has 0 aliphatic carbocycles. The molecule has 0 aliphatic rings. The van der Waals surface area contributed by atoms with Crippen LogP contribution in [0.3, 0.4) is 0 Å². The maximum absolute atomic E-state index is 12.8. The fourth-order valence-corrected chi connectivity index (χ4v) is 2.79. The number of nitriles is 1. The van der Waals surface area contributed by atoms with Crippen molar-refractivity contribution in [2.24, 2.45) is 0 Å². The van der Waals surface area contributed by atoms with Gasteiger partial charge in [-0.3, -0.25) is 4.79 Å². The van der Waals surface area contributed by atoms with E-state index in [1.165, 1.54) is 64.9 Å². The second kappa shape index (κ2) is 11.8. The molecule has 2 aromatic rings. The van der Waals surface area contributed by atoms with E-state index in [9.17, 15) is 14.9 Å². The van der Waals surface area contributed by atoms with E-state index in [-0.39, 0.29) is 29.2 Å². The Labute approximate surface area is 191 Å². The lowest BCUT2D eigenvalue weighted by Crippen LogP contribution is -2.24. The number of rotatable bonds is 10. The van der Waals surface area contributed by atoms with Crippen LogP contribution in [0.5, 0.6) is 28.7 Å². The molecular formula is C24H24N2O7. The van der Waals surface area contributed by atoms with Gasteiger partial charge in [0.2, 0.25) is 5.75 Å². The Morgan fingerprint density at radius 1 is 0.970 bits per heavy atom. The minimum atomic E-state index is -0.683. The minimum absolute atomic E-state index is 0.0962. The lowest BCUT2D eigenvalue weighted by atomic mass is 10.1. The normalized spacial score (nSPS) is 10.5. The Hall–Kier alpha value is -4.45. The van der Waals surface area contributed by atoms with Gasteiger partial charge in [0.15, 0.2) is 23.0 Å². The molecule has 9 heteroatoms. The highest BCUT2D eigenvalue weighted by Crippen LogP contribution is 2.39.